The Balaban J connectivity index is 2.05. The number of carboxylic acid groups (broad SMARTS) is 1. The van der Waals surface area contributed by atoms with Gasteiger partial charge in [-0.15, -0.1) is 0 Å². The molecule has 1 aliphatic heterocycles. The van der Waals surface area contributed by atoms with E-state index in [1.54, 1.807) is 19.1 Å². The van der Waals surface area contributed by atoms with Gasteiger partial charge in [-0.25, -0.2) is 4.79 Å². The normalized spacial score (nSPS) is 29.4. The molecule has 8 nitrogen and oxygen atoms in total. The van der Waals surface area contributed by atoms with Gasteiger partial charge in [0, 0.05) is 0 Å². The molecule has 2 rings (SSSR count). The summed E-state index contributed by atoms with van der Waals surface area (Å²) in [6.07, 6.45) is -8.01. The Labute approximate surface area is 157 Å². The highest BCUT2D eigenvalue weighted by Crippen LogP contribution is 2.25. The third-order valence-corrected chi connectivity index (χ3v) is 4.52. The molecule has 0 amide bonds. The van der Waals surface area contributed by atoms with Crippen molar-refractivity contribution in [2.75, 3.05) is 0 Å². The summed E-state index contributed by atoms with van der Waals surface area (Å²) in [4.78, 5) is 23.5. The second-order valence-corrected chi connectivity index (χ2v) is 7.23. The molecule has 0 saturated carbocycles. The summed E-state index contributed by atoms with van der Waals surface area (Å²) in [7, 11) is 0. The van der Waals surface area contributed by atoms with Crippen LogP contribution in [0.4, 0.5) is 0 Å². The van der Waals surface area contributed by atoms with E-state index < -0.39 is 48.6 Å². The molecule has 1 aromatic rings. The van der Waals surface area contributed by atoms with E-state index in [0.717, 1.165) is 12.0 Å². The molecule has 150 valence electrons. The topological polar surface area (TPSA) is 134 Å². The standard InChI is InChI=1S/C19H26O8/c1-9(2)8-11-4-6-12(7-5-11)10(3)18(25)27-19-15(22)13(20)14(21)16(26-19)17(23)24/h4-7,9-10,13-16,19-22H,8H2,1-3H3,(H,23,24)/t10?,13-,14-,15+,16-,19-/m0/s1. The van der Waals surface area contributed by atoms with Crippen LogP contribution in [0, 0.1) is 5.92 Å². The first-order chi connectivity index (χ1) is 12.6. The van der Waals surface area contributed by atoms with Crippen molar-refractivity contribution >= 4 is 11.9 Å². The fourth-order valence-corrected chi connectivity index (χ4v) is 2.92. The van der Waals surface area contributed by atoms with Gasteiger partial charge in [-0.3, -0.25) is 4.79 Å². The van der Waals surface area contributed by atoms with Crippen LogP contribution in [-0.4, -0.2) is 63.1 Å². The summed E-state index contributed by atoms with van der Waals surface area (Å²) in [5.74, 6) is -2.47. The lowest BCUT2D eigenvalue weighted by atomic mass is 9.96. The van der Waals surface area contributed by atoms with Crippen LogP contribution in [0.25, 0.3) is 0 Å². The van der Waals surface area contributed by atoms with E-state index in [4.69, 9.17) is 14.6 Å². The third-order valence-electron chi connectivity index (χ3n) is 4.52. The fourth-order valence-electron chi connectivity index (χ4n) is 2.92. The highest BCUT2D eigenvalue weighted by molar-refractivity contribution is 5.78. The molecule has 1 aromatic carbocycles. The largest absolute Gasteiger partial charge is 0.479 e. The molecule has 0 spiro atoms. The molecule has 0 radical (unpaired) electrons. The van der Waals surface area contributed by atoms with Crippen molar-refractivity contribution in [1.82, 2.24) is 0 Å². The Hall–Kier alpha value is -2.00. The van der Waals surface area contributed by atoms with Gasteiger partial charge in [0.05, 0.1) is 5.92 Å². The summed E-state index contributed by atoms with van der Waals surface area (Å²) in [5, 5.41) is 38.4. The Morgan fingerprint density at radius 1 is 1.04 bits per heavy atom. The minimum Gasteiger partial charge on any atom is -0.479 e. The Bertz CT molecular complexity index is 656. The molecular weight excluding hydrogens is 356 g/mol. The van der Waals surface area contributed by atoms with Crippen molar-refractivity contribution in [1.29, 1.82) is 0 Å². The molecule has 1 aliphatic rings. The maximum atomic E-state index is 12.4. The number of rotatable bonds is 6. The van der Waals surface area contributed by atoms with E-state index in [0.29, 0.717) is 11.5 Å². The van der Waals surface area contributed by atoms with E-state index in [-0.39, 0.29) is 0 Å². The molecule has 8 heteroatoms. The predicted molar refractivity (Wildman–Crippen MR) is 93.8 cm³/mol. The number of aliphatic hydroxyl groups excluding tert-OH is 3. The number of benzene rings is 1. The Morgan fingerprint density at radius 3 is 2.15 bits per heavy atom. The maximum absolute atomic E-state index is 12.4. The SMILES string of the molecule is CC(C)Cc1ccc(C(C)C(=O)O[C@@H]2O[C@H](C(=O)O)[C@@H](O)[C@H](O)[C@H]2O)cc1. The molecule has 6 atom stereocenters. The number of hydrogen-bond acceptors (Lipinski definition) is 7. The lowest BCUT2D eigenvalue weighted by Crippen LogP contribution is -2.60. The number of carbonyl (C=O) groups is 2. The molecule has 1 heterocycles. The summed E-state index contributed by atoms with van der Waals surface area (Å²) >= 11 is 0. The molecule has 27 heavy (non-hydrogen) atoms. The van der Waals surface area contributed by atoms with Gasteiger partial charge in [0.15, 0.2) is 6.10 Å². The first kappa shape index (κ1) is 21.3. The highest BCUT2D eigenvalue weighted by Gasteiger charge is 2.48. The average Bonchev–Trinajstić information content (AvgIpc) is 2.61. The second-order valence-electron chi connectivity index (χ2n) is 7.23. The van der Waals surface area contributed by atoms with Gasteiger partial charge in [-0.2, -0.15) is 0 Å². The molecule has 0 aromatic heterocycles. The zero-order chi connectivity index (χ0) is 20.3. The van der Waals surface area contributed by atoms with Gasteiger partial charge in [0.1, 0.15) is 18.3 Å². The number of carboxylic acids is 1. The number of aliphatic carboxylic acids is 1. The van der Waals surface area contributed by atoms with Crippen LogP contribution in [-0.2, 0) is 25.5 Å². The van der Waals surface area contributed by atoms with Crippen molar-refractivity contribution in [2.45, 2.75) is 63.8 Å². The number of carbonyl (C=O) groups excluding carboxylic acids is 1. The van der Waals surface area contributed by atoms with E-state index in [2.05, 4.69) is 13.8 Å². The number of esters is 1. The third kappa shape index (κ3) is 5.04. The van der Waals surface area contributed by atoms with Gasteiger partial charge in [0.2, 0.25) is 6.29 Å². The summed E-state index contributed by atoms with van der Waals surface area (Å²) < 4.78 is 10.0. The highest BCUT2D eigenvalue weighted by atomic mass is 16.7. The van der Waals surface area contributed by atoms with Crippen molar-refractivity contribution in [3.63, 3.8) is 0 Å². The zero-order valence-electron chi connectivity index (χ0n) is 15.5. The lowest BCUT2D eigenvalue weighted by Gasteiger charge is -2.38. The zero-order valence-corrected chi connectivity index (χ0v) is 15.5. The van der Waals surface area contributed by atoms with E-state index in [1.165, 1.54) is 0 Å². The van der Waals surface area contributed by atoms with E-state index >= 15 is 0 Å². The first-order valence-corrected chi connectivity index (χ1v) is 8.83. The fraction of sp³-hybridized carbons (Fsp3) is 0.579. The van der Waals surface area contributed by atoms with Crippen LogP contribution in [0.3, 0.4) is 0 Å². The summed E-state index contributed by atoms with van der Waals surface area (Å²) in [6.45, 7) is 5.83. The monoisotopic (exact) mass is 382 g/mol. The van der Waals surface area contributed by atoms with E-state index in [9.17, 15) is 24.9 Å². The predicted octanol–water partition coefficient (Wildman–Crippen LogP) is 0.424. The van der Waals surface area contributed by atoms with Gasteiger partial charge < -0.3 is 29.9 Å². The lowest BCUT2D eigenvalue weighted by molar-refractivity contribution is -0.286. The quantitative estimate of drug-likeness (QED) is 0.520. The molecule has 4 N–H and O–H groups in total. The van der Waals surface area contributed by atoms with E-state index in [1.807, 2.05) is 12.1 Å². The van der Waals surface area contributed by atoms with Crippen LogP contribution in [0.2, 0.25) is 0 Å². The first-order valence-electron chi connectivity index (χ1n) is 8.83. The molecule has 1 saturated heterocycles. The number of ether oxygens (including phenoxy) is 2. The van der Waals surface area contributed by atoms with Gasteiger partial charge in [0.25, 0.3) is 0 Å². The smallest absolute Gasteiger partial charge is 0.335 e. The van der Waals surface area contributed by atoms with Crippen molar-refractivity contribution in [3.05, 3.63) is 35.4 Å². The van der Waals surface area contributed by atoms with Crippen molar-refractivity contribution in [3.8, 4) is 0 Å². The molecular formula is C19H26O8. The van der Waals surface area contributed by atoms with Crippen LogP contribution in [0.1, 0.15) is 37.8 Å². The van der Waals surface area contributed by atoms with Gasteiger partial charge in [-0.05, 0) is 30.4 Å². The van der Waals surface area contributed by atoms with Gasteiger partial charge in [-0.1, -0.05) is 38.1 Å². The Kier molecular flexibility index (Phi) is 6.94. The molecule has 0 aliphatic carbocycles. The maximum Gasteiger partial charge on any atom is 0.335 e. The van der Waals surface area contributed by atoms with Crippen LogP contribution >= 0.6 is 0 Å². The minimum absolute atomic E-state index is 0.507. The molecule has 1 unspecified atom stereocenters. The van der Waals surface area contributed by atoms with Crippen LogP contribution in [0.15, 0.2) is 24.3 Å². The number of hydrogen-bond donors (Lipinski definition) is 4. The van der Waals surface area contributed by atoms with Crippen LogP contribution < -0.4 is 0 Å². The second kappa shape index (κ2) is 8.79. The molecule has 0 bridgehead atoms. The average molecular weight is 382 g/mol. The molecule has 1 fully saturated rings. The number of aliphatic hydroxyl groups is 3. The van der Waals surface area contributed by atoms with Crippen molar-refractivity contribution < 1.29 is 39.5 Å². The van der Waals surface area contributed by atoms with Crippen LogP contribution in [0.5, 0.6) is 0 Å². The minimum atomic E-state index is -1.83. The summed E-state index contributed by atoms with van der Waals surface area (Å²) in [6, 6.07) is 7.46. The summed E-state index contributed by atoms with van der Waals surface area (Å²) in [5.41, 5.74) is 1.83. The van der Waals surface area contributed by atoms with Gasteiger partial charge >= 0.3 is 11.9 Å². The Morgan fingerprint density at radius 2 is 1.63 bits per heavy atom. The van der Waals surface area contributed by atoms with Crippen molar-refractivity contribution in [2.24, 2.45) is 5.92 Å².